The molecule has 0 radical (unpaired) electrons. The fraction of sp³-hybridized carbons (Fsp3) is 0.286. The van der Waals surface area contributed by atoms with Crippen LogP contribution < -0.4 is 0 Å². The van der Waals surface area contributed by atoms with Crippen molar-refractivity contribution in [2.45, 2.75) is 27.2 Å². The van der Waals surface area contributed by atoms with E-state index in [2.05, 4.69) is 5.10 Å². The van der Waals surface area contributed by atoms with Crippen LogP contribution in [0.25, 0.3) is 5.69 Å². The second-order valence-electron chi connectivity index (χ2n) is 4.33. The predicted molar refractivity (Wildman–Crippen MR) is 69.4 cm³/mol. The van der Waals surface area contributed by atoms with Gasteiger partial charge < -0.3 is 5.11 Å². The molecule has 0 aliphatic heterocycles. The third-order valence-electron chi connectivity index (χ3n) is 3.02. The van der Waals surface area contributed by atoms with Crippen LogP contribution in [-0.4, -0.2) is 20.9 Å². The van der Waals surface area contributed by atoms with Gasteiger partial charge in [0.05, 0.1) is 11.4 Å². The summed E-state index contributed by atoms with van der Waals surface area (Å²) >= 11 is 0. The molecule has 0 fully saturated rings. The van der Waals surface area contributed by atoms with Crippen LogP contribution in [-0.2, 0) is 6.42 Å². The third kappa shape index (κ3) is 2.01. The highest BCUT2D eigenvalue weighted by Gasteiger charge is 2.16. The standard InChI is InChI=1S/C14H16N2O2/c1-4-12-11(14(17)18)8-16(15-12)13-9(2)6-5-7-10(13)3/h5-8H,4H2,1-3H3,(H,17,18). The predicted octanol–water partition coefficient (Wildman–Crippen LogP) is 2.75. The Balaban J connectivity index is 2.62. The Hall–Kier alpha value is -2.10. The van der Waals surface area contributed by atoms with E-state index in [1.54, 1.807) is 10.9 Å². The number of rotatable bonds is 3. The van der Waals surface area contributed by atoms with Gasteiger partial charge >= 0.3 is 5.97 Å². The fourth-order valence-corrected chi connectivity index (χ4v) is 2.13. The van der Waals surface area contributed by atoms with E-state index in [9.17, 15) is 4.79 Å². The summed E-state index contributed by atoms with van der Waals surface area (Å²) in [4.78, 5) is 11.1. The molecule has 0 spiro atoms. The van der Waals surface area contributed by atoms with Crippen molar-refractivity contribution in [1.29, 1.82) is 0 Å². The van der Waals surface area contributed by atoms with E-state index in [0.29, 0.717) is 12.1 Å². The number of benzene rings is 1. The van der Waals surface area contributed by atoms with E-state index in [-0.39, 0.29) is 5.56 Å². The quantitative estimate of drug-likeness (QED) is 0.903. The second-order valence-corrected chi connectivity index (χ2v) is 4.33. The minimum atomic E-state index is -0.927. The van der Waals surface area contributed by atoms with Crippen LogP contribution >= 0.6 is 0 Å². The molecule has 4 heteroatoms. The molecular formula is C14H16N2O2. The lowest BCUT2D eigenvalue weighted by Gasteiger charge is -2.08. The second kappa shape index (κ2) is 4.64. The third-order valence-corrected chi connectivity index (χ3v) is 3.02. The van der Waals surface area contributed by atoms with Crippen molar-refractivity contribution in [1.82, 2.24) is 9.78 Å². The minimum Gasteiger partial charge on any atom is -0.478 e. The molecule has 1 aromatic carbocycles. The molecule has 0 aliphatic rings. The number of carboxylic acid groups (broad SMARTS) is 1. The molecular weight excluding hydrogens is 228 g/mol. The van der Waals surface area contributed by atoms with Gasteiger partial charge in [-0.3, -0.25) is 0 Å². The molecule has 0 bridgehead atoms. The summed E-state index contributed by atoms with van der Waals surface area (Å²) in [6, 6.07) is 5.97. The van der Waals surface area contributed by atoms with E-state index < -0.39 is 5.97 Å². The normalized spacial score (nSPS) is 10.6. The van der Waals surface area contributed by atoms with E-state index in [1.807, 2.05) is 39.0 Å². The average Bonchev–Trinajstić information content (AvgIpc) is 2.73. The SMILES string of the molecule is CCc1nn(-c2c(C)cccc2C)cc1C(=O)O. The molecule has 18 heavy (non-hydrogen) atoms. The number of para-hydroxylation sites is 1. The van der Waals surface area contributed by atoms with Gasteiger partial charge in [-0.1, -0.05) is 25.1 Å². The van der Waals surface area contributed by atoms with Crippen molar-refractivity contribution >= 4 is 5.97 Å². The summed E-state index contributed by atoms with van der Waals surface area (Å²) < 4.78 is 1.67. The smallest absolute Gasteiger partial charge is 0.339 e. The van der Waals surface area contributed by atoms with Crippen molar-refractivity contribution in [2.75, 3.05) is 0 Å². The van der Waals surface area contributed by atoms with E-state index in [1.165, 1.54) is 0 Å². The first-order valence-electron chi connectivity index (χ1n) is 5.93. The van der Waals surface area contributed by atoms with E-state index >= 15 is 0 Å². The number of hydrogen-bond donors (Lipinski definition) is 1. The lowest BCUT2D eigenvalue weighted by atomic mass is 10.1. The molecule has 2 rings (SSSR count). The largest absolute Gasteiger partial charge is 0.478 e. The van der Waals surface area contributed by atoms with Gasteiger partial charge in [-0.25, -0.2) is 9.48 Å². The molecule has 0 saturated carbocycles. The topological polar surface area (TPSA) is 55.1 Å². The zero-order valence-electron chi connectivity index (χ0n) is 10.8. The van der Waals surface area contributed by atoms with Crippen LogP contribution in [0.4, 0.5) is 0 Å². The van der Waals surface area contributed by atoms with E-state index in [4.69, 9.17) is 5.11 Å². The van der Waals surface area contributed by atoms with Crippen LogP contribution in [0.1, 0.15) is 34.1 Å². The summed E-state index contributed by atoms with van der Waals surface area (Å²) in [5, 5.41) is 13.5. The molecule has 1 N–H and O–H groups in total. The highest BCUT2D eigenvalue weighted by molar-refractivity contribution is 5.88. The van der Waals surface area contributed by atoms with Crippen molar-refractivity contribution in [3.63, 3.8) is 0 Å². The number of carbonyl (C=O) groups is 1. The lowest BCUT2D eigenvalue weighted by molar-refractivity contribution is 0.0695. The number of aromatic carboxylic acids is 1. The van der Waals surface area contributed by atoms with Gasteiger partial charge in [0.15, 0.2) is 0 Å². The zero-order chi connectivity index (χ0) is 13.3. The Morgan fingerprint density at radius 2 is 1.94 bits per heavy atom. The van der Waals surface area contributed by atoms with E-state index in [0.717, 1.165) is 16.8 Å². The molecule has 2 aromatic rings. The Labute approximate surface area is 106 Å². The van der Waals surface area contributed by atoms with Crippen molar-refractivity contribution in [3.8, 4) is 5.69 Å². The molecule has 1 aromatic heterocycles. The van der Waals surface area contributed by atoms with Crippen LogP contribution in [0.15, 0.2) is 24.4 Å². The Morgan fingerprint density at radius 3 is 2.39 bits per heavy atom. The summed E-state index contributed by atoms with van der Waals surface area (Å²) in [7, 11) is 0. The Morgan fingerprint density at radius 1 is 1.33 bits per heavy atom. The molecule has 0 atom stereocenters. The van der Waals surface area contributed by atoms with Gasteiger partial charge in [-0.2, -0.15) is 5.10 Å². The molecule has 0 saturated heterocycles. The number of aromatic nitrogens is 2. The Bertz CT molecular complexity index is 580. The van der Waals surface area contributed by atoms with Gasteiger partial charge in [0.2, 0.25) is 0 Å². The van der Waals surface area contributed by atoms with Crippen LogP contribution in [0.2, 0.25) is 0 Å². The first-order chi connectivity index (χ1) is 8.54. The highest BCUT2D eigenvalue weighted by atomic mass is 16.4. The van der Waals surface area contributed by atoms with Crippen molar-refractivity contribution in [2.24, 2.45) is 0 Å². The Kier molecular flexibility index (Phi) is 3.19. The van der Waals surface area contributed by atoms with Crippen molar-refractivity contribution < 1.29 is 9.90 Å². The molecule has 0 amide bonds. The van der Waals surface area contributed by atoms with Gasteiger partial charge in [-0.15, -0.1) is 0 Å². The maximum absolute atomic E-state index is 11.1. The maximum atomic E-state index is 11.1. The fourth-order valence-electron chi connectivity index (χ4n) is 2.13. The molecule has 1 heterocycles. The highest BCUT2D eigenvalue weighted by Crippen LogP contribution is 2.20. The first-order valence-corrected chi connectivity index (χ1v) is 5.93. The maximum Gasteiger partial charge on any atom is 0.339 e. The average molecular weight is 244 g/mol. The molecule has 0 unspecified atom stereocenters. The number of hydrogen-bond acceptors (Lipinski definition) is 2. The van der Waals surface area contributed by atoms with Crippen LogP contribution in [0, 0.1) is 13.8 Å². The minimum absolute atomic E-state index is 0.278. The monoisotopic (exact) mass is 244 g/mol. The molecule has 94 valence electrons. The summed E-state index contributed by atoms with van der Waals surface area (Å²) in [6.45, 7) is 5.90. The lowest BCUT2D eigenvalue weighted by Crippen LogP contribution is -2.01. The van der Waals surface area contributed by atoms with Gasteiger partial charge in [-0.05, 0) is 31.4 Å². The zero-order valence-corrected chi connectivity index (χ0v) is 10.8. The molecule has 4 nitrogen and oxygen atoms in total. The summed E-state index contributed by atoms with van der Waals surface area (Å²) in [5.74, 6) is -0.927. The number of aryl methyl sites for hydroxylation is 3. The molecule has 0 aliphatic carbocycles. The number of nitrogens with zero attached hydrogens (tertiary/aromatic N) is 2. The van der Waals surface area contributed by atoms with Crippen LogP contribution in [0.3, 0.4) is 0 Å². The summed E-state index contributed by atoms with van der Waals surface area (Å²) in [6.07, 6.45) is 2.20. The van der Waals surface area contributed by atoms with Gasteiger partial charge in [0.25, 0.3) is 0 Å². The number of carboxylic acids is 1. The van der Waals surface area contributed by atoms with Gasteiger partial charge in [0, 0.05) is 6.20 Å². The van der Waals surface area contributed by atoms with Gasteiger partial charge in [0.1, 0.15) is 5.56 Å². The van der Waals surface area contributed by atoms with Crippen LogP contribution in [0.5, 0.6) is 0 Å². The summed E-state index contributed by atoms with van der Waals surface area (Å²) in [5.41, 5.74) is 4.01. The van der Waals surface area contributed by atoms with Crippen molar-refractivity contribution in [3.05, 3.63) is 46.8 Å². The first kappa shape index (κ1) is 12.4.